The third-order valence-electron chi connectivity index (χ3n) is 6.98. The van der Waals surface area contributed by atoms with Crippen molar-refractivity contribution in [1.29, 1.82) is 0 Å². The van der Waals surface area contributed by atoms with Gasteiger partial charge >= 0.3 is 0 Å². The van der Waals surface area contributed by atoms with E-state index >= 15 is 0 Å². The molecule has 2 heterocycles. The molecule has 1 N–H and O–H groups in total. The molecule has 2 aliphatic heterocycles. The molecule has 2 aliphatic rings. The summed E-state index contributed by atoms with van der Waals surface area (Å²) in [6.07, 6.45) is 5.15. The van der Waals surface area contributed by atoms with Gasteiger partial charge in [0.1, 0.15) is 5.75 Å². The quantitative estimate of drug-likeness (QED) is 0.689. The van der Waals surface area contributed by atoms with E-state index in [4.69, 9.17) is 4.74 Å². The Labute approximate surface area is 196 Å². The fourth-order valence-electron chi connectivity index (χ4n) is 5.12. The van der Waals surface area contributed by atoms with Crippen LogP contribution in [0.4, 0.5) is 5.69 Å². The van der Waals surface area contributed by atoms with Gasteiger partial charge in [0.25, 0.3) is 0 Å². The summed E-state index contributed by atoms with van der Waals surface area (Å²) in [7, 11) is 1.63. The Kier molecular flexibility index (Phi) is 8.00. The number of carbonyl (C=O) groups excluding carboxylic acids is 2. The summed E-state index contributed by atoms with van der Waals surface area (Å²) >= 11 is 0. The first-order valence-electron chi connectivity index (χ1n) is 12.1. The lowest BCUT2D eigenvalue weighted by molar-refractivity contribution is -0.138. The molecule has 2 aromatic carbocycles. The van der Waals surface area contributed by atoms with Gasteiger partial charge in [0.15, 0.2) is 0 Å². The number of benzene rings is 2. The maximum atomic E-state index is 13.4. The molecule has 33 heavy (non-hydrogen) atoms. The highest BCUT2D eigenvalue weighted by atomic mass is 16.5. The van der Waals surface area contributed by atoms with Crippen molar-refractivity contribution >= 4 is 17.5 Å². The van der Waals surface area contributed by atoms with Crippen LogP contribution in [-0.4, -0.2) is 54.9 Å². The molecule has 0 aliphatic carbocycles. The van der Waals surface area contributed by atoms with Gasteiger partial charge < -0.3 is 15.0 Å². The number of rotatable bonds is 7. The molecule has 0 aromatic heterocycles. The lowest BCUT2D eigenvalue weighted by Gasteiger charge is -2.36. The number of anilines is 1. The summed E-state index contributed by atoms with van der Waals surface area (Å²) < 4.78 is 5.16. The molecule has 4 rings (SSSR count). The highest BCUT2D eigenvalue weighted by Gasteiger charge is 2.35. The Morgan fingerprint density at radius 2 is 1.70 bits per heavy atom. The van der Waals surface area contributed by atoms with Crippen LogP contribution in [0.1, 0.15) is 37.7 Å². The molecular formula is C27H35N3O3. The van der Waals surface area contributed by atoms with Gasteiger partial charge in [-0.2, -0.15) is 0 Å². The first kappa shape index (κ1) is 23.3. The molecule has 6 nitrogen and oxygen atoms in total. The largest absolute Gasteiger partial charge is 0.497 e. The van der Waals surface area contributed by atoms with Gasteiger partial charge in [-0.05, 0) is 74.5 Å². The maximum absolute atomic E-state index is 13.4. The molecule has 0 unspecified atom stereocenters. The molecule has 2 fully saturated rings. The SMILES string of the molecule is COc1ccc(NC(=O)CN2CCC([C@H]3CCCCN(Cc4ccccc4)C3=O)CC2)cc1. The summed E-state index contributed by atoms with van der Waals surface area (Å²) in [4.78, 5) is 30.2. The van der Waals surface area contributed by atoms with Crippen LogP contribution in [0.3, 0.4) is 0 Å². The van der Waals surface area contributed by atoms with Gasteiger partial charge in [0.2, 0.25) is 11.8 Å². The van der Waals surface area contributed by atoms with Gasteiger partial charge in [-0.15, -0.1) is 0 Å². The van der Waals surface area contributed by atoms with Crippen molar-refractivity contribution in [2.45, 2.75) is 38.6 Å². The number of hydrogen-bond donors (Lipinski definition) is 1. The molecule has 1 atom stereocenters. The zero-order valence-electron chi connectivity index (χ0n) is 19.5. The molecule has 6 heteroatoms. The minimum Gasteiger partial charge on any atom is -0.497 e. The van der Waals surface area contributed by atoms with Crippen LogP contribution < -0.4 is 10.1 Å². The van der Waals surface area contributed by atoms with Crippen LogP contribution in [0.2, 0.25) is 0 Å². The normalized spacial score (nSPS) is 20.3. The number of likely N-dealkylation sites (tertiary alicyclic amines) is 2. The Balaban J connectivity index is 1.27. The Morgan fingerprint density at radius 1 is 0.970 bits per heavy atom. The number of piperidine rings is 1. The van der Waals surface area contributed by atoms with Crippen LogP contribution in [0, 0.1) is 11.8 Å². The predicted octanol–water partition coefficient (Wildman–Crippen LogP) is 4.17. The van der Waals surface area contributed by atoms with Crippen molar-refractivity contribution in [3.63, 3.8) is 0 Å². The topological polar surface area (TPSA) is 61.9 Å². The highest BCUT2D eigenvalue weighted by Crippen LogP contribution is 2.32. The first-order chi connectivity index (χ1) is 16.1. The Morgan fingerprint density at radius 3 is 2.39 bits per heavy atom. The fourth-order valence-corrected chi connectivity index (χ4v) is 5.12. The summed E-state index contributed by atoms with van der Waals surface area (Å²) in [5.74, 6) is 1.62. The van der Waals surface area contributed by atoms with Crippen molar-refractivity contribution in [3.8, 4) is 5.75 Å². The van der Waals surface area contributed by atoms with Gasteiger partial charge in [-0.3, -0.25) is 14.5 Å². The Hall–Kier alpha value is -2.86. The number of amides is 2. The minimum atomic E-state index is -0.00167. The minimum absolute atomic E-state index is 0.00167. The monoisotopic (exact) mass is 449 g/mol. The predicted molar refractivity (Wildman–Crippen MR) is 130 cm³/mol. The zero-order chi connectivity index (χ0) is 23.0. The van der Waals surface area contributed by atoms with E-state index in [1.54, 1.807) is 7.11 Å². The number of ether oxygens (including phenoxy) is 1. The van der Waals surface area contributed by atoms with Crippen molar-refractivity contribution < 1.29 is 14.3 Å². The fraction of sp³-hybridized carbons (Fsp3) is 0.481. The van der Waals surface area contributed by atoms with E-state index in [1.165, 1.54) is 5.56 Å². The van der Waals surface area contributed by atoms with Crippen LogP contribution in [0.15, 0.2) is 54.6 Å². The number of methoxy groups -OCH3 is 1. The summed E-state index contributed by atoms with van der Waals surface area (Å²) in [6, 6.07) is 17.7. The van der Waals surface area contributed by atoms with E-state index in [2.05, 4.69) is 27.2 Å². The van der Waals surface area contributed by atoms with E-state index < -0.39 is 0 Å². The molecule has 2 saturated heterocycles. The average Bonchev–Trinajstić information content (AvgIpc) is 3.02. The molecule has 0 radical (unpaired) electrons. The van der Waals surface area contributed by atoms with Gasteiger partial charge in [-0.1, -0.05) is 36.8 Å². The second kappa shape index (κ2) is 11.3. The van der Waals surface area contributed by atoms with Gasteiger partial charge in [-0.25, -0.2) is 0 Å². The van der Waals surface area contributed by atoms with E-state index in [0.29, 0.717) is 24.9 Å². The van der Waals surface area contributed by atoms with Crippen molar-refractivity contribution in [2.75, 3.05) is 38.6 Å². The van der Waals surface area contributed by atoms with Crippen molar-refractivity contribution in [1.82, 2.24) is 9.80 Å². The first-order valence-corrected chi connectivity index (χ1v) is 12.1. The number of carbonyl (C=O) groups is 2. The van der Waals surface area contributed by atoms with Crippen LogP contribution >= 0.6 is 0 Å². The lowest BCUT2D eigenvalue weighted by atomic mass is 9.81. The van der Waals surface area contributed by atoms with Crippen LogP contribution in [-0.2, 0) is 16.1 Å². The zero-order valence-corrected chi connectivity index (χ0v) is 19.5. The van der Waals surface area contributed by atoms with Crippen molar-refractivity contribution in [3.05, 3.63) is 60.2 Å². The smallest absolute Gasteiger partial charge is 0.238 e. The molecule has 0 bridgehead atoms. The van der Waals surface area contributed by atoms with Crippen LogP contribution in [0.5, 0.6) is 5.75 Å². The Bertz CT molecular complexity index is 908. The summed E-state index contributed by atoms with van der Waals surface area (Å²) in [5.41, 5.74) is 1.97. The molecule has 0 saturated carbocycles. The molecular weight excluding hydrogens is 414 g/mol. The van der Waals surface area contributed by atoms with Crippen molar-refractivity contribution in [2.24, 2.45) is 11.8 Å². The number of nitrogens with one attached hydrogen (secondary N) is 1. The summed E-state index contributed by atoms with van der Waals surface area (Å²) in [5, 5.41) is 2.96. The highest BCUT2D eigenvalue weighted by molar-refractivity contribution is 5.92. The third-order valence-corrected chi connectivity index (χ3v) is 6.98. The number of hydrogen-bond acceptors (Lipinski definition) is 4. The molecule has 176 valence electrons. The van der Waals surface area contributed by atoms with Gasteiger partial charge in [0.05, 0.1) is 13.7 Å². The second-order valence-electron chi connectivity index (χ2n) is 9.24. The lowest BCUT2D eigenvalue weighted by Crippen LogP contribution is -2.44. The van der Waals surface area contributed by atoms with Crippen LogP contribution in [0.25, 0.3) is 0 Å². The van der Waals surface area contributed by atoms with E-state index in [1.807, 2.05) is 42.5 Å². The molecule has 2 amide bonds. The number of nitrogens with zero attached hydrogens (tertiary/aromatic N) is 2. The van der Waals surface area contributed by atoms with Gasteiger partial charge in [0, 0.05) is 24.7 Å². The molecule has 0 spiro atoms. The maximum Gasteiger partial charge on any atom is 0.238 e. The summed E-state index contributed by atoms with van der Waals surface area (Å²) in [6.45, 7) is 3.68. The third kappa shape index (κ3) is 6.35. The standard InChI is InChI=1S/C27H35N3O3/c1-33-24-12-10-23(11-13-24)28-26(31)20-29-17-14-22(15-18-29)25-9-5-6-16-30(27(25)32)19-21-7-3-2-4-8-21/h2-4,7-8,10-13,22,25H,5-6,9,14-20H2,1H3,(H,28,31)/t25-/m1/s1. The van der Waals surface area contributed by atoms with E-state index in [9.17, 15) is 9.59 Å². The van der Waals surface area contributed by atoms with E-state index in [0.717, 1.165) is 63.2 Å². The second-order valence-corrected chi connectivity index (χ2v) is 9.24. The van der Waals surface area contributed by atoms with E-state index in [-0.39, 0.29) is 11.8 Å². The average molecular weight is 450 g/mol. The molecule has 2 aromatic rings.